The summed E-state index contributed by atoms with van der Waals surface area (Å²) >= 11 is 0. The van der Waals surface area contributed by atoms with E-state index in [0.717, 1.165) is 26.1 Å². The van der Waals surface area contributed by atoms with Gasteiger partial charge in [-0.3, -0.25) is 4.68 Å². The lowest BCUT2D eigenvalue weighted by Gasteiger charge is -2.14. The van der Waals surface area contributed by atoms with Gasteiger partial charge in [-0.05, 0) is 24.4 Å². The molecule has 0 radical (unpaired) electrons. The van der Waals surface area contributed by atoms with Gasteiger partial charge in [0, 0.05) is 18.3 Å². The van der Waals surface area contributed by atoms with E-state index >= 15 is 0 Å². The molecule has 114 valence electrons. The molecular formula is C17H25N3O. The van der Waals surface area contributed by atoms with Crippen molar-refractivity contribution in [2.75, 3.05) is 6.54 Å². The molecule has 2 rings (SSSR count). The van der Waals surface area contributed by atoms with Crippen LogP contribution in [0.1, 0.15) is 31.4 Å². The Morgan fingerprint density at radius 2 is 1.95 bits per heavy atom. The first-order valence-electron chi connectivity index (χ1n) is 7.59. The molecule has 1 heterocycles. The molecule has 0 aliphatic carbocycles. The van der Waals surface area contributed by atoms with Crippen molar-refractivity contribution in [2.24, 2.45) is 5.92 Å². The van der Waals surface area contributed by atoms with Crippen molar-refractivity contribution >= 4 is 0 Å². The van der Waals surface area contributed by atoms with Gasteiger partial charge in [0.15, 0.2) is 0 Å². The van der Waals surface area contributed by atoms with Crippen LogP contribution in [0.3, 0.4) is 0 Å². The molecule has 0 aliphatic rings. The number of benzene rings is 1. The van der Waals surface area contributed by atoms with Gasteiger partial charge in [0.1, 0.15) is 0 Å². The molecule has 4 heteroatoms. The molecule has 0 saturated carbocycles. The van der Waals surface area contributed by atoms with Crippen molar-refractivity contribution in [3.8, 4) is 0 Å². The van der Waals surface area contributed by atoms with Crippen LogP contribution < -0.4 is 5.32 Å². The molecule has 1 aromatic carbocycles. The Morgan fingerprint density at radius 3 is 2.67 bits per heavy atom. The lowest BCUT2D eigenvalue weighted by Crippen LogP contribution is -2.23. The minimum absolute atomic E-state index is 0.224. The van der Waals surface area contributed by atoms with Gasteiger partial charge < -0.3 is 10.4 Å². The summed E-state index contributed by atoms with van der Waals surface area (Å²) in [6.45, 7) is 6.49. The van der Waals surface area contributed by atoms with Crippen molar-refractivity contribution in [3.05, 3.63) is 53.9 Å². The molecule has 0 amide bonds. The normalized spacial score (nSPS) is 12.8. The summed E-state index contributed by atoms with van der Waals surface area (Å²) in [5.74, 6) is 0.320. The summed E-state index contributed by atoms with van der Waals surface area (Å²) in [5, 5.41) is 17.5. The lowest BCUT2D eigenvalue weighted by molar-refractivity contribution is 0.116. The van der Waals surface area contributed by atoms with E-state index in [1.54, 1.807) is 0 Å². The van der Waals surface area contributed by atoms with Crippen molar-refractivity contribution < 1.29 is 5.11 Å². The van der Waals surface area contributed by atoms with Crippen molar-refractivity contribution in [2.45, 2.75) is 39.5 Å². The summed E-state index contributed by atoms with van der Waals surface area (Å²) in [5.41, 5.74) is 2.42. The molecule has 4 nitrogen and oxygen atoms in total. The van der Waals surface area contributed by atoms with Crippen LogP contribution in [0.25, 0.3) is 0 Å². The van der Waals surface area contributed by atoms with E-state index in [0.29, 0.717) is 5.92 Å². The Hall–Kier alpha value is -1.65. The summed E-state index contributed by atoms with van der Waals surface area (Å²) in [4.78, 5) is 0. The third-order valence-electron chi connectivity index (χ3n) is 3.59. The Bertz CT molecular complexity index is 522. The Kier molecular flexibility index (Phi) is 5.96. The van der Waals surface area contributed by atoms with Crippen molar-refractivity contribution in [3.63, 3.8) is 0 Å². The fourth-order valence-electron chi connectivity index (χ4n) is 2.17. The highest BCUT2D eigenvalue weighted by Gasteiger charge is 2.08. The molecule has 21 heavy (non-hydrogen) atoms. The van der Waals surface area contributed by atoms with Crippen molar-refractivity contribution in [1.29, 1.82) is 0 Å². The molecule has 1 atom stereocenters. The number of rotatable bonds is 8. The van der Waals surface area contributed by atoms with Gasteiger partial charge in [-0.2, -0.15) is 5.10 Å². The zero-order valence-corrected chi connectivity index (χ0v) is 12.9. The van der Waals surface area contributed by atoms with Crippen LogP contribution in [-0.4, -0.2) is 27.5 Å². The number of aliphatic hydroxyl groups excluding tert-OH is 1. The fraction of sp³-hybridized carbons (Fsp3) is 0.471. The molecule has 0 bridgehead atoms. The number of hydrogen-bond donors (Lipinski definition) is 2. The highest BCUT2D eigenvalue weighted by molar-refractivity contribution is 5.15. The number of nitrogens with one attached hydrogen (secondary N) is 1. The van der Waals surface area contributed by atoms with Gasteiger partial charge in [0.2, 0.25) is 0 Å². The van der Waals surface area contributed by atoms with Crippen LogP contribution in [0.4, 0.5) is 0 Å². The Balaban J connectivity index is 1.73. The Labute approximate surface area is 126 Å². The molecule has 2 aromatic rings. The second kappa shape index (κ2) is 7.96. The molecule has 0 saturated heterocycles. The van der Waals surface area contributed by atoms with Crippen LogP contribution in [0.15, 0.2) is 42.7 Å². The fourth-order valence-corrected chi connectivity index (χ4v) is 2.17. The van der Waals surface area contributed by atoms with E-state index in [1.807, 2.05) is 42.9 Å². The third kappa shape index (κ3) is 5.33. The first kappa shape index (κ1) is 15.7. The van der Waals surface area contributed by atoms with Gasteiger partial charge in [0.05, 0.1) is 18.8 Å². The lowest BCUT2D eigenvalue weighted by atomic mass is 10.0. The van der Waals surface area contributed by atoms with Gasteiger partial charge in [-0.15, -0.1) is 0 Å². The molecule has 0 spiro atoms. The van der Waals surface area contributed by atoms with Gasteiger partial charge in [-0.25, -0.2) is 0 Å². The second-order valence-electron chi connectivity index (χ2n) is 5.81. The summed E-state index contributed by atoms with van der Waals surface area (Å²) in [6, 6.07) is 10.3. The average molecular weight is 287 g/mol. The van der Waals surface area contributed by atoms with Crippen LogP contribution in [0.5, 0.6) is 0 Å². The van der Waals surface area contributed by atoms with Crippen LogP contribution in [0.2, 0.25) is 0 Å². The van der Waals surface area contributed by atoms with Crippen LogP contribution in [0, 0.1) is 5.92 Å². The molecule has 2 N–H and O–H groups in total. The highest BCUT2D eigenvalue weighted by Crippen LogP contribution is 2.06. The third-order valence-corrected chi connectivity index (χ3v) is 3.59. The highest BCUT2D eigenvalue weighted by atomic mass is 16.3. The van der Waals surface area contributed by atoms with E-state index in [9.17, 15) is 5.11 Å². The summed E-state index contributed by atoms with van der Waals surface area (Å²) < 4.78 is 1.95. The largest absolute Gasteiger partial charge is 0.393 e. The van der Waals surface area contributed by atoms with Gasteiger partial charge in [0.25, 0.3) is 0 Å². The molecule has 0 fully saturated rings. The van der Waals surface area contributed by atoms with Crippen molar-refractivity contribution in [1.82, 2.24) is 15.1 Å². The van der Waals surface area contributed by atoms with E-state index < -0.39 is 0 Å². The molecule has 0 aliphatic heterocycles. The Morgan fingerprint density at radius 1 is 1.19 bits per heavy atom. The maximum absolute atomic E-state index is 9.74. The topological polar surface area (TPSA) is 50.1 Å². The maximum Gasteiger partial charge on any atom is 0.0659 e. The first-order valence-corrected chi connectivity index (χ1v) is 7.59. The van der Waals surface area contributed by atoms with Gasteiger partial charge >= 0.3 is 0 Å². The minimum Gasteiger partial charge on any atom is -0.393 e. The SMILES string of the molecule is CC(C)C(O)CCNCc1cnn(Cc2ccccc2)c1. The van der Waals surface area contributed by atoms with E-state index in [2.05, 4.69) is 28.7 Å². The van der Waals surface area contributed by atoms with E-state index in [-0.39, 0.29) is 6.10 Å². The van der Waals surface area contributed by atoms with Crippen LogP contribution >= 0.6 is 0 Å². The number of hydrogen-bond acceptors (Lipinski definition) is 3. The first-order chi connectivity index (χ1) is 10.1. The van der Waals surface area contributed by atoms with E-state index in [4.69, 9.17) is 0 Å². The quantitative estimate of drug-likeness (QED) is 0.733. The average Bonchev–Trinajstić information content (AvgIpc) is 2.92. The standard InChI is InChI=1S/C17H25N3O/c1-14(2)17(21)8-9-18-10-16-11-19-20(13-16)12-15-6-4-3-5-7-15/h3-7,11,13-14,17-18,21H,8-10,12H2,1-2H3. The summed E-state index contributed by atoms with van der Waals surface area (Å²) in [6.07, 6.45) is 4.53. The molecule has 1 unspecified atom stereocenters. The van der Waals surface area contributed by atoms with Gasteiger partial charge in [-0.1, -0.05) is 44.2 Å². The number of aromatic nitrogens is 2. The minimum atomic E-state index is -0.224. The molecular weight excluding hydrogens is 262 g/mol. The zero-order chi connectivity index (χ0) is 15.1. The van der Waals surface area contributed by atoms with Crippen LogP contribution in [-0.2, 0) is 13.1 Å². The predicted molar refractivity (Wildman–Crippen MR) is 84.9 cm³/mol. The van der Waals surface area contributed by atoms with E-state index in [1.165, 1.54) is 11.1 Å². The summed E-state index contributed by atoms with van der Waals surface area (Å²) in [7, 11) is 0. The smallest absolute Gasteiger partial charge is 0.0659 e. The maximum atomic E-state index is 9.74. The monoisotopic (exact) mass is 287 g/mol. The predicted octanol–water partition coefficient (Wildman–Crippen LogP) is 2.43. The number of nitrogens with zero attached hydrogens (tertiary/aromatic N) is 2. The zero-order valence-electron chi connectivity index (χ0n) is 12.9. The second-order valence-corrected chi connectivity index (χ2v) is 5.81. The number of aliphatic hydroxyl groups is 1. The molecule has 1 aromatic heterocycles.